The maximum atomic E-state index is 6.01. The van der Waals surface area contributed by atoms with Crippen LogP contribution in [-0.4, -0.2) is 9.78 Å². The van der Waals surface area contributed by atoms with Gasteiger partial charge in [0.25, 0.3) is 0 Å². The second-order valence-electron chi connectivity index (χ2n) is 5.05. The number of benzene rings is 1. The van der Waals surface area contributed by atoms with Gasteiger partial charge in [0, 0.05) is 17.3 Å². The fourth-order valence-corrected chi connectivity index (χ4v) is 2.42. The molecule has 3 heteroatoms. The summed E-state index contributed by atoms with van der Waals surface area (Å²) < 4.78 is 1.99. The first kappa shape index (κ1) is 12.8. The molecule has 0 fully saturated rings. The van der Waals surface area contributed by atoms with Gasteiger partial charge in [-0.1, -0.05) is 6.07 Å². The Morgan fingerprint density at radius 1 is 1.11 bits per heavy atom. The second kappa shape index (κ2) is 4.58. The molecule has 2 N–H and O–H groups in total. The van der Waals surface area contributed by atoms with Crippen molar-refractivity contribution in [1.82, 2.24) is 9.78 Å². The predicted molar refractivity (Wildman–Crippen MR) is 75.1 cm³/mol. The van der Waals surface area contributed by atoms with E-state index in [1.165, 1.54) is 11.1 Å². The fraction of sp³-hybridized carbons (Fsp3) is 0.400. The Balaban J connectivity index is 2.58. The number of rotatable bonds is 2. The third-order valence-electron chi connectivity index (χ3n) is 3.54. The van der Waals surface area contributed by atoms with E-state index in [1.807, 2.05) is 18.5 Å². The van der Waals surface area contributed by atoms with Gasteiger partial charge in [-0.2, -0.15) is 5.10 Å². The number of hydrogen-bond acceptors (Lipinski definition) is 2. The maximum Gasteiger partial charge on any atom is 0.0651 e. The van der Waals surface area contributed by atoms with Gasteiger partial charge in [-0.05, 0) is 57.9 Å². The molecular formula is C15H21N3. The number of aromatic nitrogens is 2. The smallest absolute Gasteiger partial charge is 0.0651 e. The van der Waals surface area contributed by atoms with Gasteiger partial charge in [-0.3, -0.25) is 0 Å². The van der Waals surface area contributed by atoms with Crippen LogP contribution in [0.5, 0.6) is 0 Å². The molecule has 1 atom stereocenters. The Kier molecular flexibility index (Phi) is 3.26. The van der Waals surface area contributed by atoms with Crippen molar-refractivity contribution >= 4 is 0 Å². The number of hydrogen-bond donors (Lipinski definition) is 1. The second-order valence-corrected chi connectivity index (χ2v) is 5.05. The first-order chi connectivity index (χ1) is 8.41. The lowest BCUT2D eigenvalue weighted by Crippen LogP contribution is -2.08. The van der Waals surface area contributed by atoms with Gasteiger partial charge in [0.05, 0.1) is 11.4 Å². The van der Waals surface area contributed by atoms with Crippen LogP contribution in [-0.2, 0) is 0 Å². The highest BCUT2D eigenvalue weighted by molar-refractivity contribution is 5.42. The molecular weight excluding hydrogens is 222 g/mol. The molecule has 0 saturated carbocycles. The Morgan fingerprint density at radius 3 is 2.28 bits per heavy atom. The average Bonchev–Trinajstić information content (AvgIpc) is 2.58. The van der Waals surface area contributed by atoms with Gasteiger partial charge < -0.3 is 5.73 Å². The molecule has 1 aromatic carbocycles. The molecule has 0 spiro atoms. The predicted octanol–water partition coefficient (Wildman–Crippen LogP) is 3.13. The third-order valence-corrected chi connectivity index (χ3v) is 3.54. The van der Waals surface area contributed by atoms with Crippen LogP contribution in [0.2, 0.25) is 0 Å². The van der Waals surface area contributed by atoms with Crippen molar-refractivity contribution in [3.05, 3.63) is 46.3 Å². The summed E-state index contributed by atoms with van der Waals surface area (Å²) in [5.74, 6) is 0. The Labute approximate surface area is 109 Å². The standard InChI is InChI=1S/C15H21N3/c1-9-6-7-14(8-10(9)2)18-13(5)15(11(3)16)12(4)17-18/h6-8,11H,16H2,1-5H3. The molecule has 2 rings (SSSR count). The van der Waals surface area contributed by atoms with E-state index in [9.17, 15) is 0 Å². The number of aryl methyl sites for hydroxylation is 3. The molecule has 0 amide bonds. The largest absolute Gasteiger partial charge is 0.324 e. The summed E-state index contributed by atoms with van der Waals surface area (Å²) in [6, 6.07) is 6.42. The zero-order valence-electron chi connectivity index (χ0n) is 11.8. The lowest BCUT2D eigenvalue weighted by atomic mass is 10.1. The Hall–Kier alpha value is -1.61. The molecule has 1 aromatic heterocycles. The van der Waals surface area contributed by atoms with Crippen molar-refractivity contribution in [3.8, 4) is 5.69 Å². The number of nitrogens with zero attached hydrogens (tertiary/aromatic N) is 2. The molecule has 1 heterocycles. The zero-order chi connectivity index (χ0) is 13.4. The van der Waals surface area contributed by atoms with Gasteiger partial charge in [0.15, 0.2) is 0 Å². The van der Waals surface area contributed by atoms with E-state index >= 15 is 0 Å². The lowest BCUT2D eigenvalue weighted by Gasteiger charge is -2.09. The summed E-state index contributed by atoms with van der Waals surface area (Å²) in [4.78, 5) is 0. The SMILES string of the molecule is Cc1ccc(-n2nc(C)c(C(C)N)c2C)cc1C. The fourth-order valence-electron chi connectivity index (χ4n) is 2.42. The van der Waals surface area contributed by atoms with E-state index in [4.69, 9.17) is 5.73 Å². The molecule has 2 aromatic rings. The van der Waals surface area contributed by atoms with Crippen molar-refractivity contribution in [2.24, 2.45) is 5.73 Å². The van der Waals surface area contributed by atoms with E-state index in [2.05, 4.69) is 44.1 Å². The number of nitrogens with two attached hydrogens (primary N) is 1. The normalized spacial score (nSPS) is 12.8. The summed E-state index contributed by atoms with van der Waals surface area (Å²) in [6.07, 6.45) is 0. The first-order valence-corrected chi connectivity index (χ1v) is 6.31. The summed E-state index contributed by atoms with van der Waals surface area (Å²) >= 11 is 0. The van der Waals surface area contributed by atoms with E-state index < -0.39 is 0 Å². The highest BCUT2D eigenvalue weighted by Gasteiger charge is 2.15. The molecule has 0 saturated heterocycles. The van der Waals surface area contributed by atoms with E-state index in [-0.39, 0.29) is 6.04 Å². The van der Waals surface area contributed by atoms with Crippen molar-refractivity contribution in [2.75, 3.05) is 0 Å². The van der Waals surface area contributed by atoms with Crippen molar-refractivity contribution < 1.29 is 0 Å². The van der Waals surface area contributed by atoms with Gasteiger partial charge >= 0.3 is 0 Å². The Bertz CT molecular complexity index is 580. The van der Waals surface area contributed by atoms with Gasteiger partial charge in [0.1, 0.15) is 0 Å². The monoisotopic (exact) mass is 243 g/mol. The lowest BCUT2D eigenvalue weighted by molar-refractivity contribution is 0.795. The molecule has 0 aliphatic heterocycles. The minimum Gasteiger partial charge on any atom is -0.324 e. The topological polar surface area (TPSA) is 43.8 Å². The van der Waals surface area contributed by atoms with Gasteiger partial charge in [-0.15, -0.1) is 0 Å². The van der Waals surface area contributed by atoms with Gasteiger partial charge in [0.2, 0.25) is 0 Å². The van der Waals surface area contributed by atoms with Crippen molar-refractivity contribution in [3.63, 3.8) is 0 Å². The highest BCUT2D eigenvalue weighted by atomic mass is 15.3. The van der Waals surface area contributed by atoms with Crippen LogP contribution in [0.3, 0.4) is 0 Å². The zero-order valence-corrected chi connectivity index (χ0v) is 11.8. The van der Waals surface area contributed by atoms with Crippen LogP contribution in [0.25, 0.3) is 5.69 Å². The van der Waals surface area contributed by atoms with E-state index in [0.717, 1.165) is 22.6 Å². The Morgan fingerprint density at radius 2 is 1.78 bits per heavy atom. The molecule has 0 aliphatic carbocycles. The molecule has 0 aliphatic rings. The average molecular weight is 243 g/mol. The molecule has 18 heavy (non-hydrogen) atoms. The van der Waals surface area contributed by atoms with Crippen LogP contribution in [0.1, 0.15) is 41.0 Å². The minimum absolute atomic E-state index is 0.0188. The van der Waals surface area contributed by atoms with Gasteiger partial charge in [-0.25, -0.2) is 4.68 Å². The van der Waals surface area contributed by atoms with Crippen LogP contribution in [0.4, 0.5) is 0 Å². The summed E-state index contributed by atoms with van der Waals surface area (Å²) in [5.41, 5.74) is 13.0. The van der Waals surface area contributed by atoms with Crippen LogP contribution in [0.15, 0.2) is 18.2 Å². The maximum absolute atomic E-state index is 6.01. The molecule has 1 unspecified atom stereocenters. The summed E-state index contributed by atoms with van der Waals surface area (Å²) in [6.45, 7) is 10.3. The van der Waals surface area contributed by atoms with Crippen LogP contribution < -0.4 is 5.73 Å². The first-order valence-electron chi connectivity index (χ1n) is 6.31. The highest BCUT2D eigenvalue weighted by Crippen LogP contribution is 2.23. The van der Waals surface area contributed by atoms with E-state index in [1.54, 1.807) is 0 Å². The summed E-state index contributed by atoms with van der Waals surface area (Å²) in [5, 5.41) is 4.61. The molecule has 96 valence electrons. The van der Waals surface area contributed by atoms with Crippen LogP contribution >= 0.6 is 0 Å². The molecule has 0 bridgehead atoms. The third kappa shape index (κ3) is 2.06. The molecule has 3 nitrogen and oxygen atoms in total. The van der Waals surface area contributed by atoms with Crippen molar-refractivity contribution in [1.29, 1.82) is 0 Å². The van der Waals surface area contributed by atoms with E-state index in [0.29, 0.717) is 0 Å². The van der Waals surface area contributed by atoms with Crippen LogP contribution in [0, 0.1) is 27.7 Å². The summed E-state index contributed by atoms with van der Waals surface area (Å²) in [7, 11) is 0. The van der Waals surface area contributed by atoms with Crippen molar-refractivity contribution in [2.45, 2.75) is 40.7 Å². The minimum atomic E-state index is 0.0188. The molecule has 0 radical (unpaired) electrons. The quantitative estimate of drug-likeness (QED) is 0.880.